The van der Waals surface area contributed by atoms with Gasteiger partial charge in [-0.05, 0) is 46.3 Å². The molecule has 2 aromatic carbocycles. The molecule has 0 aliphatic heterocycles. The summed E-state index contributed by atoms with van der Waals surface area (Å²) in [7, 11) is 0. The van der Waals surface area contributed by atoms with Crippen molar-refractivity contribution in [1.82, 2.24) is 4.98 Å². The highest BCUT2D eigenvalue weighted by atomic mass is 35.5. The Morgan fingerprint density at radius 2 is 1.88 bits per heavy atom. The van der Waals surface area contributed by atoms with E-state index >= 15 is 0 Å². The molecule has 0 radical (unpaired) electrons. The second-order valence-corrected chi connectivity index (χ2v) is 7.25. The summed E-state index contributed by atoms with van der Waals surface area (Å²) in [6.45, 7) is 0. The molecule has 0 fully saturated rings. The van der Waals surface area contributed by atoms with Crippen molar-refractivity contribution in [2.45, 2.75) is 6.42 Å². The minimum atomic E-state index is -1.14. The van der Waals surface area contributed by atoms with Crippen molar-refractivity contribution in [3.63, 3.8) is 0 Å². The van der Waals surface area contributed by atoms with Crippen LogP contribution in [0.25, 0.3) is 32.6 Å². The van der Waals surface area contributed by atoms with Gasteiger partial charge < -0.3 is 9.90 Å². The van der Waals surface area contributed by atoms with Crippen LogP contribution in [0.4, 0.5) is 0 Å². The van der Waals surface area contributed by atoms with Gasteiger partial charge in [-0.15, -0.1) is 11.3 Å². The van der Waals surface area contributed by atoms with Gasteiger partial charge in [0, 0.05) is 22.8 Å². The maximum atomic E-state index is 11.5. The monoisotopic (exact) mass is 378 g/mol. The average Bonchev–Trinajstić information content (AvgIpc) is 3.16. The maximum Gasteiger partial charge on any atom is 0.0851 e. The summed E-state index contributed by atoms with van der Waals surface area (Å²) in [6.07, 6.45) is -0.215. The zero-order valence-electron chi connectivity index (χ0n) is 13.6. The van der Waals surface area contributed by atoms with Gasteiger partial charge in [-0.25, -0.2) is 4.98 Å². The molecule has 0 N–H and O–H groups in total. The molecule has 4 aromatic rings. The molecular formula is C21H13ClNO2S-. The Morgan fingerprint density at radius 1 is 1.08 bits per heavy atom. The fourth-order valence-electron chi connectivity index (χ4n) is 3.14. The van der Waals surface area contributed by atoms with Crippen LogP contribution < -0.4 is 5.11 Å². The Balaban J connectivity index is 2.15. The number of aliphatic carboxylic acids is 1. The molecule has 2 heterocycles. The number of rotatable bonds is 4. The summed E-state index contributed by atoms with van der Waals surface area (Å²) >= 11 is 7.75. The van der Waals surface area contributed by atoms with Gasteiger partial charge in [0.05, 0.1) is 16.1 Å². The predicted octanol–water partition coefficient (Wildman–Crippen LogP) is 4.58. The Kier molecular flexibility index (Phi) is 4.45. The lowest BCUT2D eigenvalue weighted by atomic mass is 9.92. The molecule has 0 amide bonds. The largest absolute Gasteiger partial charge is 0.550 e. The number of aromatic nitrogens is 1. The number of benzene rings is 2. The molecular weight excluding hydrogens is 366 g/mol. The number of carbonyl (C=O) groups excluding carboxylic acids is 1. The van der Waals surface area contributed by atoms with E-state index in [0.29, 0.717) is 16.3 Å². The number of halogens is 1. The summed E-state index contributed by atoms with van der Waals surface area (Å²) in [5.74, 6) is -1.14. The smallest absolute Gasteiger partial charge is 0.0851 e. The number of carboxylic acid groups (broad SMARTS) is 1. The van der Waals surface area contributed by atoms with Crippen LogP contribution in [-0.4, -0.2) is 11.0 Å². The standard InChI is InChI=1S/C21H14ClNO2S/c22-14-8-9-17-15(11-14)20(13-5-2-1-3-6-13)16(12-19(24)25)21(23-17)18-7-4-10-26-18/h1-11H,12H2,(H,24,25)/p-1. The summed E-state index contributed by atoms with van der Waals surface area (Å²) in [4.78, 5) is 17.2. The number of fused-ring (bicyclic) bond motifs is 1. The van der Waals surface area contributed by atoms with Crippen molar-refractivity contribution in [3.8, 4) is 21.7 Å². The van der Waals surface area contributed by atoms with Gasteiger partial charge in [-0.1, -0.05) is 48.0 Å². The number of hydrogen-bond donors (Lipinski definition) is 0. The maximum absolute atomic E-state index is 11.5. The molecule has 0 saturated carbocycles. The lowest BCUT2D eigenvalue weighted by Crippen LogP contribution is -2.25. The Morgan fingerprint density at radius 3 is 2.58 bits per heavy atom. The topological polar surface area (TPSA) is 53.0 Å². The summed E-state index contributed by atoms with van der Waals surface area (Å²) in [5.41, 5.74) is 3.87. The molecule has 26 heavy (non-hydrogen) atoms. The van der Waals surface area contributed by atoms with Crippen LogP contribution in [0.2, 0.25) is 5.02 Å². The average molecular weight is 379 g/mol. The first-order valence-electron chi connectivity index (χ1n) is 8.05. The fraction of sp³-hybridized carbons (Fsp3) is 0.0476. The zero-order chi connectivity index (χ0) is 18.1. The van der Waals surface area contributed by atoms with Crippen molar-refractivity contribution < 1.29 is 9.90 Å². The van der Waals surface area contributed by atoms with Gasteiger partial charge in [-0.2, -0.15) is 0 Å². The van der Waals surface area contributed by atoms with Crippen molar-refractivity contribution in [1.29, 1.82) is 0 Å². The third-order valence-corrected chi connectivity index (χ3v) is 5.30. The van der Waals surface area contributed by atoms with Gasteiger partial charge >= 0.3 is 0 Å². The van der Waals surface area contributed by atoms with Crippen molar-refractivity contribution >= 4 is 39.8 Å². The van der Waals surface area contributed by atoms with Gasteiger partial charge in [-0.3, -0.25) is 0 Å². The van der Waals surface area contributed by atoms with E-state index in [0.717, 1.165) is 26.9 Å². The first kappa shape index (κ1) is 16.8. The molecule has 4 rings (SSSR count). The quantitative estimate of drug-likeness (QED) is 0.522. The molecule has 0 aliphatic carbocycles. The number of nitrogens with zero attached hydrogens (tertiary/aromatic N) is 1. The van der Waals surface area contributed by atoms with Gasteiger partial charge in [0.15, 0.2) is 0 Å². The third kappa shape index (κ3) is 3.09. The number of pyridine rings is 1. The first-order chi connectivity index (χ1) is 12.6. The van der Waals surface area contributed by atoms with E-state index in [9.17, 15) is 9.90 Å². The second-order valence-electron chi connectivity index (χ2n) is 5.87. The number of thiophene rings is 1. The molecule has 3 nitrogen and oxygen atoms in total. The van der Waals surface area contributed by atoms with Crippen LogP contribution in [0.1, 0.15) is 5.56 Å². The summed E-state index contributed by atoms with van der Waals surface area (Å²) in [6, 6.07) is 19.1. The number of hydrogen-bond acceptors (Lipinski definition) is 4. The van der Waals surface area contributed by atoms with Crippen LogP contribution in [0.3, 0.4) is 0 Å². The Labute approximate surface area is 159 Å². The number of carboxylic acids is 1. The van der Waals surface area contributed by atoms with E-state index < -0.39 is 5.97 Å². The van der Waals surface area contributed by atoms with Crippen LogP contribution >= 0.6 is 22.9 Å². The van der Waals surface area contributed by atoms with E-state index in [2.05, 4.69) is 0 Å². The molecule has 0 bridgehead atoms. The van der Waals surface area contributed by atoms with Crippen molar-refractivity contribution in [2.75, 3.05) is 0 Å². The van der Waals surface area contributed by atoms with Gasteiger partial charge in [0.25, 0.3) is 0 Å². The highest BCUT2D eigenvalue weighted by Crippen LogP contribution is 2.39. The minimum absolute atomic E-state index is 0.215. The first-order valence-corrected chi connectivity index (χ1v) is 9.30. The van der Waals surface area contributed by atoms with Crippen LogP contribution in [-0.2, 0) is 11.2 Å². The Bertz CT molecular complexity index is 1090. The van der Waals surface area contributed by atoms with Crippen LogP contribution in [0, 0.1) is 0 Å². The molecule has 128 valence electrons. The zero-order valence-corrected chi connectivity index (χ0v) is 15.2. The lowest BCUT2D eigenvalue weighted by Gasteiger charge is -2.18. The molecule has 0 spiro atoms. The highest BCUT2D eigenvalue weighted by Gasteiger charge is 2.18. The normalized spacial score (nSPS) is 11.0. The molecule has 0 atom stereocenters. The molecule has 0 saturated heterocycles. The van der Waals surface area contributed by atoms with Crippen molar-refractivity contribution in [3.05, 3.63) is 76.6 Å². The second kappa shape index (κ2) is 6.90. The SMILES string of the molecule is O=C([O-])Cc1c(-c2cccs2)nc2ccc(Cl)cc2c1-c1ccccc1. The van der Waals surface area contributed by atoms with Gasteiger partial charge in [0.2, 0.25) is 0 Å². The molecule has 0 aliphatic rings. The molecule has 2 aromatic heterocycles. The lowest BCUT2D eigenvalue weighted by molar-refractivity contribution is -0.304. The van der Waals surface area contributed by atoms with E-state index in [1.165, 1.54) is 11.3 Å². The fourth-order valence-corrected chi connectivity index (χ4v) is 4.06. The highest BCUT2D eigenvalue weighted by molar-refractivity contribution is 7.13. The van der Waals surface area contributed by atoms with E-state index in [1.807, 2.05) is 60.0 Å². The summed E-state index contributed by atoms with van der Waals surface area (Å²) in [5, 5.41) is 14.9. The Hall–Kier alpha value is -2.69. The van der Waals surface area contributed by atoms with E-state index in [-0.39, 0.29) is 6.42 Å². The van der Waals surface area contributed by atoms with E-state index in [4.69, 9.17) is 16.6 Å². The molecule has 5 heteroatoms. The predicted molar refractivity (Wildman–Crippen MR) is 104 cm³/mol. The van der Waals surface area contributed by atoms with Crippen LogP contribution in [0.15, 0.2) is 66.0 Å². The minimum Gasteiger partial charge on any atom is -0.550 e. The van der Waals surface area contributed by atoms with Crippen molar-refractivity contribution in [2.24, 2.45) is 0 Å². The van der Waals surface area contributed by atoms with Crippen LogP contribution in [0.5, 0.6) is 0 Å². The number of carbonyl (C=O) groups is 1. The third-order valence-electron chi connectivity index (χ3n) is 4.19. The van der Waals surface area contributed by atoms with E-state index in [1.54, 1.807) is 6.07 Å². The summed E-state index contributed by atoms with van der Waals surface area (Å²) < 4.78 is 0. The van der Waals surface area contributed by atoms with Gasteiger partial charge in [0.1, 0.15) is 0 Å². The molecule has 0 unspecified atom stereocenters.